The van der Waals surface area contributed by atoms with Gasteiger partial charge in [-0.15, -0.1) is 21.5 Å². The molecule has 0 fully saturated rings. The summed E-state index contributed by atoms with van der Waals surface area (Å²) in [5, 5.41) is 9.20. The van der Waals surface area contributed by atoms with Gasteiger partial charge >= 0.3 is 0 Å². The first kappa shape index (κ1) is 16.0. The van der Waals surface area contributed by atoms with Gasteiger partial charge < -0.3 is 4.57 Å². The van der Waals surface area contributed by atoms with E-state index in [9.17, 15) is 4.79 Å². The molecule has 0 aliphatic rings. The van der Waals surface area contributed by atoms with E-state index in [0.717, 1.165) is 27.0 Å². The Balaban J connectivity index is 1.73. The number of hydrogen-bond acceptors (Lipinski definition) is 5. The molecule has 0 N–H and O–H groups in total. The van der Waals surface area contributed by atoms with Crippen LogP contribution in [-0.2, 0) is 7.05 Å². The summed E-state index contributed by atoms with van der Waals surface area (Å²) in [6.45, 7) is 4.02. The third kappa shape index (κ3) is 3.38. The van der Waals surface area contributed by atoms with E-state index in [1.165, 1.54) is 16.6 Å². The van der Waals surface area contributed by atoms with Crippen LogP contribution in [-0.4, -0.2) is 26.3 Å². The highest BCUT2D eigenvalue weighted by atomic mass is 32.2. The first-order chi connectivity index (χ1) is 11.1. The fourth-order valence-electron chi connectivity index (χ4n) is 2.39. The molecule has 0 amide bonds. The van der Waals surface area contributed by atoms with Crippen molar-refractivity contribution in [2.45, 2.75) is 19.0 Å². The first-order valence-electron chi connectivity index (χ1n) is 7.24. The lowest BCUT2D eigenvalue weighted by molar-refractivity contribution is 0.102. The molecular weight excluding hydrogens is 326 g/mol. The zero-order valence-corrected chi connectivity index (χ0v) is 14.9. The van der Waals surface area contributed by atoms with Crippen molar-refractivity contribution in [3.63, 3.8) is 0 Å². The summed E-state index contributed by atoms with van der Waals surface area (Å²) >= 11 is 3.09. The molecule has 3 rings (SSSR count). The Kier molecular flexibility index (Phi) is 4.63. The number of carbonyl (C=O) groups excluding carboxylic acids is 1. The second kappa shape index (κ2) is 6.68. The molecule has 118 valence electrons. The molecule has 0 aliphatic heterocycles. The molecule has 23 heavy (non-hydrogen) atoms. The van der Waals surface area contributed by atoms with Gasteiger partial charge in [-0.2, -0.15) is 0 Å². The van der Waals surface area contributed by atoms with E-state index in [4.69, 9.17) is 0 Å². The van der Waals surface area contributed by atoms with Gasteiger partial charge in [-0.1, -0.05) is 42.1 Å². The number of hydrogen-bond donors (Lipinski definition) is 0. The van der Waals surface area contributed by atoms with Gasteiger partial charge in [0, 0.05) is 27.9 Å². The fraction of sp³-hybridized carbons (Fsp3) is 0.235. The van der Waals surface area contributed by atoms with Crippen LogP contribution in [0.4, 0.5) is 0 Å². The molecule has 0 spiro atoms. The normalized spacial score (nSPS) is 10.9. The molecule has 1 aromatic carbocycles. The summed E-state index contributed by atoms with van der Waals surface area (Å²) in [6.07, 6.45) is 0. The Hall–Kier alpha value is -1.92. The van der Waals surface area contributed by atoms with E-state index >= 15 is 0 Å². The number of ketones is 1. The van der Waals surface area contributed by atoms with Gasteiger partial charge in [-0.25, -0.2) is 0 Å². The van der Waals surface area contributed by atoms with E-state index in [2.05, 4.69) is 10.2 Å². The summed E-state index contributed by atoms with van der Waals surface area (Å²) in [5.41, 5.74) is 1.84. The van der Waals surface area contributed by atoms with Gasteiger partial charge in [-0.05, 0) is 19.9 Å². The van der Waals surface area contributed by atoms with E-state index in [0.29, 0.717) is 5.75 Å². The molecule has 0 atom stereocenters. The largest absolute Gasteiger partial charge is 0.305 e. The number of thiophene rings is 1. The van der Waals surface area contributed by atoms with Crippen LogP contribution in [0.3, 0.4) is 0 Å². The van der Waals surface area contributed by atoms with Crippen molar-refractivity contribution in [1.29, 1.82) is 0 Å². The SMILES string of the molecule is Cc1cc(C(=O)CSc2nnc(-c3ccccc3)n2C)c(C)s1. The number of carbonyl (C=O) groups is 1. The third-order valence-electron chi connectivity index (χ3n) is 3.54. The molecule has 0 saturated carbocycles. The lowest BCUT2D eigenvalue weighted by atomic mass is 10.2. The Labute approximate surface area is 143 Å². The molecule has 0 radical (unpaired) electrons. The minimum atomic E-state index is 0.140. The quantitative estimate of drug-likeness (QED) is 0.516. The molecule has 0 unspecified atom stereocenters. The summed E-state index contributed by atoms with van der Waals surface area (Å²) < 4.78 is 1.93. The Bertz CT molecular complexity index is 837. The van der Waals surface area contributed by atoms with Crippen LogP contribution in [0.1, 0.15) is 20.1 Å². The molecule has 2 aromatic heterocycles. The maximum absolute atomic E-state index is 12.4. The van der Waals surface area contributed by atoms with Crippen molar-refractivity contribution in [2.75, 3.05) is 5.75 Å². The highest BCUT2D eigenvalue weighted by Gasteiger charge is 2.16. The lowest BCUT2D eigenvalue weighted by Gasteiger charge is -2.03. The maximum Gasteiger partial charge on any atom is 0.191 e. The van der Waals surface area contributed by atoms with Crippen LogP contribution < -0.4 is 0 Å². The van der Waals surface area contributed by atoms with Crippen LogP contribution in [0.5, 0.6) is 0 Å². The summed E-state index contributed by atoms with van der Waals surface area (Å²) in [7, 11) is 1.93. The number of benzene rings is 1. The van der Waals surface area contributed by atoms with Crippen LogP contribution >= 0.6 is 23.1 Å². The van der Waals surface area contributed by atoms with E-state index in [-0.39, 0.29) is 5.78 Å². The number of thioether (sulfide) groups is 1. The second-order valence-corrected chi connectivity index (χ2v) is 7.67. The Morgan fingerprint density at radius 1 is 1.22 bits per heavy atom. The average Bonchev–Trinajstić information content (AvgIpc) is 3.08. The standard InChI is InChI=1S/C17H17N3OS2/c1-11-9-14(12(2)23-11)15(21)10-22-17-19-18-16(20(17)3)13-7-5-4-6-8-13/h4-9H,10H2,1-3H3. The number of nitrogens with zero attached hydrogens (tertiary/aromatic N) is 3. The second-order valence-electron chi connectivity index (χ2n) is 5.27. The van der Waals surface area contributed by atoms with Crippen LogP contribution in [0, 0.1) is 13.8 Å². The van der Waals surface area contributed by atoms with Crippen LogP contribution in [0.2, 0.25) is 0 Å². The summed E-state index contributed by atoms with van der Waals surface area (Å²) in [6, 6.07) is 11.9. The van der Waals surface area contributed by atoms with Crippen LogP contribution in [0.25, 0.3) is 11.4 Å². The predicted molar refractivity (Wildman–Crippen MR) is 95.3 cm³/mol. The number of rotatable bonds is 5. The topological polar surface area (TPSA) is 47.8 Å². The highest BCUT2D eigenvalue weighted by molar-refractivity contribution is 7.99. The number of aryl methyl sites for hydroxylation is 2. The van der Waals surface area contributed by atoms with Crippen molar-refractivity contribution in [3.05, 3.63) is 51.7 Å². The third-order valence-corrected chi connectivity index (χ3v) is 5.53. The zero-order valence-electron chi connectivity index (χ0n) is 13.2. The van der Waals surface area contributed by atoms with E-state index < -0.39 is 0 Å². The minimum absolute atomic E-state index is 0.140. The van der Waals surface area contributed by atoms with E-state index in [1.54, 1.807) is 11.3 Å². The highest BCUT2D eigenvalue weighted by Crippen LogP contribution is 2.25. The molecule has 2 heterocycles. The van der Waals surface area contributed by atoms with Gasteiger partial charge in [0.25, 0.3) is 0 Å². The summed E-state index contributed by atoms with van der Waals surface area (Å²) in [5.74, 6) is 1.32. The molecule has 3 aromatic rings. The van der Waals surface area contributed by atoms with Gasteiger partial charge in [0.2, 0.25) is 0 Å². The Morgan fingerprint density at radius 3 is 2.61 bits per heavy atom. The van der Waals surface area contributed by atoms with Crippen molar-refractivity contribution < 1.29 is 4.79 Å². The molecule has 4 nitrogen and oxygen atoms in total. The molecule has 0 bridgehead atoms. The van der Waals surface area contributed by atoms with E-state index in [1.807, 2.05) is 61.9 Å². The smallest absolute Gasteiger partial charge is 0.191 e. The zero-order chi connectivity index (χ0) is 16.4. The lowest BCUT2D eigenvalue weighted by Crippen LogP contribution is -2.04. The minimum Gasteiger partial charge on any atom is -0.305 e. The van der Waals surface area contributed by atoms with Gasteiger partial charge in [0.05, 0.1) is 5.75 Å². The van der Waals surface area contributed by atoms with Gasteiger partial charge in [0.15, 0.2) is 16.8 Å². The number of Topliss-reactive ketones (excluding diaryl/α,β-unsaturated/α-hetero) is 1. The number of aromatic nitrogens is 3. The monoisotopic (exact) mass is 343 g/mol. The van der Waals surface area contributed by atoms with Crippen LogP contribution in [0.15, 0.2) is 41.6 Å². The average molecular weight is 343 g/mol. The van der Waals surface area contributed by atoms with Crippen molar-refractivity contribution in [1.82, 2.24) is 14.8 Å². The van der Waals surface area contributed by atoms with Crippen molar-refractivity contribution >= 4 is 28.9 Å². The predicted octanol–water partition coefficient (Wildman–Crippen LogP) is 4.14. The van der Waals surface area contributed by atoms with Crippen molar-refractivity contribution in [3.8, 4) is 11.4 Å². The fourth-order valence-corrected chi connectivity index (χ4v) is 4.13. The summed E-state index contributed by atoms with van der Waals surface area (Å²) in [4.78, 5) is 14.6. The van der Waals surface area contributed by atoms with Crippen molar-refractivity contribution in [2.24, 2.45) is 7.05 Å². The van der Waals surface area contributed by atoms with Gasteiger partial charge in [0.1, 0.15) is 0 Å². The molecule has 0 saturated heterocycles. The first-order valence-corrected chi connectivity index (χ1v) is 9.04. The molecular formula is C17H17N3OS2. The van der Waals surface area contributed by atoms with Gasteiger partial charge in [-0.3, -0.25) is 4.79 Å². The molecule has 0 aliphatic carbocycles. The maximum atomic E-state index is 12.4. The Morgan fingerprint density at radius 2 is 1.96 bits per heavy atom. The molecule has 6 heteroatoms.